The summed E-state index contributed by atoms with van der Waals surface area (Å²) in [6, 6.07) is 9.06. The molecule has 1 aromatic carbocycles. The molecule has 166 valence electrons. The van der Waals surface area contributed by atoms with Gasteiger partial charge in [0.05, 0.1) is 25.4 Å². The van der Waals surface area contributed by atoms with E-state index < -0.39 is 36.0 Å². The molecule has 0 saturated heterocycles. The number of methoxy groups -OCH3 is 1. The van der Waals surface area contributed by atoms with Gasteiger partial charge in [-0.25, -0.2) is 9.59 Å². The van der Waals surface area contributed by atoms with Crippen LogP contribution < -0.4 is 0 Å². The molecule has 1 aliphatic heterocycles. The molecule has 0 fully saturated rings. The van der Waals surface area contributed by atoms with Gasteiger partial charge < -0.3 is 23.7 Å². The van der Waals surface area contributed by atoms with Gasteiger partial charge in [0, 0.05) is 6.42 Å². The van der Waals surface area contributed by atoms with E-state index in [0.29, 0.717) is 18.6 Å². The van der Waals surface area contributed by atoms with Gasteiger partial charge in [0.1, 0.15) is 0 Å². The van der Waals surface area contributed by atoms with Crippen LogP contribution in [0.2, 0.25) is 0 Å². The normalized spacial score (nSPS) is 20.0. The van der Waals surface area contributed by atoms with Gasteiger partial charge in [-0.3, -0.25) is 0 Å². The standard InChI is InChI=1S/C23H32O7/c1-6-7-13-27-22(25)20(16-11-9-8-10-12-16)29-19-15-17(30-23(2,3)4)14-18(28-19)21(24)26-5/h8-12,14,17,19-20H,6-7,13,15H2,1-5H3/t17-,19-,20-/m1/s1. The quantitative estimate of drug-likeness (QED) is 0.440. The van der Waals surface area contributed by atoms with Crippen LogP contribution in [0, 0.1) is 0 Å². The Hall–Kier alpha value is -2.38. The van der Waals surface area contributed by atoms with Crippen molar-refractivity contribution in [2.45, 2.75) is 71.1 Å². The molecule has 30 heavy (non-hydrogen) atoms. The summed E-state index contributed by atoms with van der Waals surface area (Å²) in [6.07, 6.45) is 1.25. The van der Waals surface area contributed by atoms with Gasteiger partial charge >= 0.3 is 11.9 Å². The summed E-state index contributed by atoms with van der Waals surface area (Å²) in [4.78, 5) is 24.8. The lowest BCUT2D eigenvalue weighted by molar-refractivity contribution is -0.204. The maximum atomic E-state index is 12.7. The lowest BCUT2D eigenvalue weighted by Crippen LogP contribution is -2.37. The van der Waals surface area contributed by atoms with Crippen LogP contribution in [0.1, 0.15) is 58.6 Å². The topological polar surface area (TPSA) is 80.3 Å². The number of benzene rings is 1. The molecule has 0 spiro atoms. The summed E-state index contributed by atoms with van der Waals surface area (Å²) in [5, 5.41) is 0. The van der Waals surface area contributed by atoms with Crippen molar-refractivity contribution in [3.8, 4) is 0 Å². The molecule has 0 N–H and O–H groups in total. The van der Waals surface area contributed by atoms with Crippen LogP contribution >= 0.6 is 0 Å². The molecule has 0 amide bonds. The van der Waals surface area contributed by atoms with Crippen molar-refractivity contribution in [3.63, 3.8) is 0 Å². The Morgan fingerprint density at radius 1 is 1.20 bits per heavy atom. The number of carbonyl (C=O) groups is 2. The number of esters is 2. The second kappa shape index (κ2) is 11.1. The van der Waals surface area contributed by atoms with Crippen molar-refractivity contribution < 1.29 is 33.3 Å². The largest absolute Gasteiger partial charge is 0.464 e. The van der Waals surface area contributed by atoms with Gasteiger partial charge in [-0.15, -0.1) is 0 Å². The van der Waals surface area contributed by atoms with E-state index in [4.69, 9.17) is 23.7 Å². The summed E-state index contributed by atoms with van der Waals surface area (Å²) < 4.78 is 27.9. The van der Waals surface area contributed by atoms with Gasteiger partial charge in [0.2, 0.25) is 12.0 Å². The molecule has 0 radical (unpaired) electrons. The number of ether oxygens (including phenoxy) is 5. The summed E-state index contributed by atoms with van der Waals surface area (Å²) in [6.45, 7) is 8.09. The van der Waals surface area contributed by atoms with Gasteiger partial charge in [-0.1, -0.05) is 43.7 Å². The Bertz CT molecular complexity index is 721. The zero-order chi connectivity index (χ0) is 22.1. The predicted molar refractivity (Wildman–Crippen MR) is 110 cm³/mol. The maximum Gasteiger partial charge on any atom is 0.373 e. The van der Waals surface area contributed by atoms with E-state index in [2.05, 4.69) is 0 Å². The number of unbranched alkanes of at least 4 members (excludes halogenated alkanes) is 1. The smallest absolute Gasteiger partial charge is 0.373 e. The van der Waals surface area contributed by atoms with Crippen LogP contribution in [-0.4, -0.2) is 43.7 Å². The van der Waals surface area contributed by atoms with Crippen molar-refractivity contribution in [1.82, 2.24) is 0 Å². The molecule has 7 nitrogen and oxygen atoms in total. The SMILES string of the molecule is CCCCOC(=O)[C@H](O[C@@H]1C[C@H](OC(C)(C)C)C=C(C(=O)OC)O1)c1ccccc1. The molecular weight excluding hydrogens is 388 g/mol. The number of carbonyl (C=O) groups excluding carboxylic acids is 2. The minimum Gasteiger partial charge on any atom is -0.464 e. The van der Waals surface area contributed by atoms with Crippen LogP contribution in [0.3, 0.4) is 0 Å². The van der Waals surface area contributed by atoms with E-state index in [0.717, 1.165) is 12.8 Å². The summed E-state index contributed by atoms with van der Waals surface area (Å²) in [7, 11) is 1.27. The zero-order valence-corrected chi connectivity index (χ0v) is 18.4. The fraction of sp³-hybridized carbons (Fsp3) is 0.565. The average Bonchev–Trinajstić information content (AvgIpc) is 2.70. The van der Waals surface area contributed by atoms with E-state index in [1.165, 1.54) is 7.11 Å². The highest BCUT2D eigenvalue weighted by Gasteiger charge is 2.35. The Labute approximate surface area is 178 Å². The van der Waals surface area contributed by atoms with Crippen LogP contribution in [0.4, 0.5) is 0 Å². The van der Waals surface area contributed by atoms with Crippen molar-refractivity contribution in [2.24, 2.45) is 0 Å². The molecule has 1 heterocycles. The van der Waals surface area contributed by atoms with E-state index in [1.54, 1.807) is 18.2 Å². The molecule has 0 saturated carbocycles. The molecule has 1 aliphatic rings. The first-order valence-electron chi connectivity index (χ1n) is 10.2. The molecule has 0 aromatic heterocycles. The highest BCUT2D eigenvalue weighted by Crippen LogP contribution is 2.29. The molecule has 0 bridgehead atoms. The number of hydrogen-bond acceptors (Lipinski definition) is 7. The molecule has 0 aliphatic carbocycles. The van der Waals surface area contributed by atoms with E-state index in [9.17, 15) is 9.59 Å². The number of hydrogen-bond donors (Lipinski definition) is 0. The monoisotopic (exact) mass is 420 g/mol. The highest BCUT2D eigenvalue weighted by molar-refractivity contribution is 5.86. The third kappa shape index (κ3) is 7.46. The van der Waals surface area contributed by atoms with Crippen LogP contribution in [0.25, 0.3) is 0 Å². The maximum absolute atomic E-state index is 12.7. The van der Waals surface area contributed by atoms with Crippen molar-refractivity contribution in [3.05, 3.63) is 47.7 Å². The van der Waals surface area contributed by atoms with Crippen molar-refractivity contribution in [1.29, 1.82) is 0 Å². The number of rotatable bonds is 9. The summed E-state index contributed by atoms with van der Waals surface area (Å²) >= 11 is 0. The summed E-state index contributed by atoms with van der Waals surface area (Å²) in [5.74, 6) is -1.14. The molecule has 2 rings (SSSR count). The summed E-state index contributed by atoms with van der Waals surface area (Å²) in [5.41, 5.74) is 0.201. The third-order valence-electron chi connectivity index (χ3n) is 4.26. The minimum atomic E-state index is -0.986. The Morgan fingerprint density at radius 3 is 2.50 bits per heavy atom. The molecular formula is C23H32O7. The Balaban J connectivity index is 2.21. The van der Waals surface area contributed by atoms with Crippen LogP contribution in [0.5, 0.6) is 0 Å². The predicted octanol–water partition coefficient (Wildman–Crippen LogP) is 4.07. The molecule has 7 heteroatoms. The lowest BCUT2D eigenvalue weighted by atomic mass is 10.1. The third-order valence-corrected chi connectivity index (χ3v) is 4.26. The first-order chi connectivity index (χ1) is 14.2. The van der Waals surface area contributed by atoms with Gasteiger partial charge in [0.25, 0.3) is 0 Å². The van der Waals surface area contributed by atoms with Crippen molar-refractivity contribution >= 4 is 11.9 Å². The second-order valence-corrected chi connectivity index (χ2v) is 8.02. The lowest BCUT2D eigenvalue weighted by Gasteiger charge is -2.33. The average molecular weight is 421 g/mol. The van der Waals surface area contributed by atoms with E-state index in [-0.39, 0.29) is 5.76 Å². The molecule has 1 aromatic rings. The van der Waals surface area contributed by atoms with Gasteiger partial charge in [-0.05, 0) is 38.8 Å². The minimum absolute atomic E-state index is 0.00541. The first kappa shape index (κ1) is 23.9. The van der Waals surface area contributed by atoms with E-state index >= 15 is 0 Å². The van der Waals surface area contributed by atoms with Gasteiger partial charge in [-0.2, -0.15) is 0 Å². The molecule has 0 unspecified atom stereocenters. The highest BCUT2D eigenvalue weighted by atomic mass is 16.7. The fourth-order valence-electron chi connectivity index (χ4n) is 2.93. The first-order valence-corrected chi connectivity index (χ1v) is 10.2. The zero-order valence-electron chi connectivity index (χ0n) is 18.4. The van der Waals surface area contributed by atoms with Crippen molar-refractivity contribution in [2.75, 3.05) is 13.7 Å². The van der Waals surface area contributed by atoms with Crippen LogP contribution in [0.15, 0.2) is 42.2 Å². The van der Waals surface area contributed by atoms with Gasteiger partial charge in [0.15, 0.2) is 6.10 Å². The molecule has 3 atom stereocenters. The Morgan fingerprint density at radius 2 is 1.90 bits per heavy atom. The van der Waals surface area contributed by atoms with E-state index in [1.807, 2.05) is 45.9 Å². The fourth-order valence-corrected chi connectivity index (χ4v) is 2.93. The van der Waals surface area contributed by atoms with Crippen LogP contribution in [-0.2, 0) is 33.3 Å². The second-order valence-electron chi connectivity index (χ2n) is 8.02. The Kier molecular flexibility index (Phi) is 8.87.